The molecule has 0 saturated carbocycles. The van der Waals surface area contributed by atoms with Crippen LogP contribution in [0, 0.1) is 6.92 Å². The number of halogens is 1. The van der Waals surface area contributed by atoms with Gasteiger partial charge >= 0.3 is 0 Å². The second kappa shape index (κ2) is 8.51. The van der Waals surface area contributed by atoms with Crippen LogP contribution in [0.3, 0.4) is 0 Å². The lowest BCUT2D eigenvalue weighted by atomic mass is 10.2. The summed E-state index contributed by atoms with van der Waals surface area (Å²) in [5.74, 6) is 0.621. The highest BCUT2D eigenvalue weighted by atomic mass is 35.5. The van der Waals surface area contributed by atoms with Crippen LogP contribution in [0.1, 0.15) is 11.1 Å². The molecule has 1 saturated heterocycles. The number of amides is 1. The molecule has 0 aliphatic carbocycles. The van der Waals surface area contributed by atoms with Crippen molar-refractivity contribution in [3.05, 3.63) is 63.5 Å². The Hall–Kier alpha value is -2.44. The maximum atomic E-state index is 12.4. The zero-order valence-corrected chi connectivity index (χ0v) is 18.0. The summed E-state index contributed by atoms with van der Waals surface area (Å²) in [7, 11) is 1.64. The Morgan fingerprint density at radius 1 is 1.07 bits per heavy atom. The molecule has 7 heteroatoms. The average molecular weight is 428 g/mol. The molecule has 0 radical (unpaired) electrons. The molecule has 0 unspecified atom stereocenters. The Labute approximate surface area is 180 Å². The maximum Gasteiger partial charge on any atom is 0.286 e. The van der Waals surface area contributed by atoms with E-state index in [1.165, 1.54) is 11.8 Å². The highest BCUT2D eigenvalue weighted by molar-refractivity contribution is 8.18. The van der Waals surface area contributed by atoms with Gasteiger partial charge < -0.3 is 14.5 Å². The molecule has 2 aromatic carbocycles. The molecule has 0 N–H and O–H groups in total. The van der Waals surface area contributed by atoms with Gasteiger partial charge in [0, 0.05) is 36.9 Å². The number of nitrogens with zero attached hydrogens (tertiary/aromatic N) is 3. The second-order valence-electron chi connectivity index (χ2n) is 6.99. The van der Waals surface area contributed by atoms with Crippen LogP contribution in [0.15, 0.2) is 52.4 Å². The van der Waals surface area contributed by atoms with Crippen molar-refractivity contribution in [3.63, 3.8) is 0 Å². The second-order valence-corrected chi connectivity index (χ2v) is 8.41. The number of hydrogen-bond acceptors (Lipinski definition) is 5. The first-order valence-corrected chi connectivity index (χ1v) is 10.7. The lowest BCUT2D eigenvalue weighted by molar-refractivity contribution is -0.113. The van der Waals surface area contributed by atoms with E-state index >= 15 is 0 Å². The summed E-state index contributed by atoms with van der Waals surface area (Å²) >= 11 is 7.72. The van der Waals surface area contributed by atoms with Crippen LogP contribution in [0.2, 0.25) is 5.02 Å². The van der Waals surface area contributed by atoms with Crippen molar-refractivity contribution in [2.75, 3.05) is 38.2 Å². The third-order valence-corrected chi connectivity index (χ3v) is 6.55. The predicted octanol–water partition coefficient (Wildman–Crippen LogP) is 4.45. The van der Waals surface area contributed by atoms with Crippen LogP contribution >= 0.6 is 23.4 Å². The molecule has 2 aromatic rings. The Kier molecular flexibility index (Phi) is 5.83. The molecule has 2 aliphatic heterocycles. The number of methoxy groups -OCH3 is 1. The molecule has 0 spiro atoms. The van der Waals surface area contributed by atoms with Crippen LogP contribution in [-0.2, 0) is 4.79 Å². The molecule has 1 amide bonds. The van der Waals surface area contributed by atoms with E-state index in [1.54, 1.807) is 7.11 Å². The first-order valence-electron chi connectivity index (χ1n) is 9.46. The molecule has 1 fully saturated rings. The van der Waals surface area contributed by atoms with Gasteiger partial charge in [-0.25, -0.2) is 0 Å². The molecular formula is C22H22ClN3O2S. The van der Waals surface area contributed by atoms with E-state index in [0.717, 1.165) is 58.9 Å². The minimum Gasteiger partial charge on any atom is -0.497 e. The van der Waals surface area contributed by atoms with Gasteiger partial charge in [-0.3, -0.25) is 4.79 Å². The molecule has 2 heterocycles. The van der Waals surface area contributed by atoms with Crippen molar-refractivity contribution in [3.8, 4) is 5.75 Å². The van der Waals surface area contributed by atoms with Gasteiger partial charge in [0.05, 0.1) is 12.0 Å². The molecule has 0 bridgehead atoms. The summed E-state index contributed by atoms with van der Waals surface area (Å²) in [5, 5.41) is 1.58. The number of piperazine rings is 1. The number of carbonyl (C=O) groups is 1. The first-order chi connectivity index (χ1) is 14.0. The summed E-state index contributed by atoms with van der Waals surface area (Å²) in [4.78, 5) is 21.8. The fourth-order valence-corrected chi connectivity index (χ4v) is 4.46. The Morgan fingerprint density at radius 2 is 1.76 bits per heavy atom. The van der Waals surface area contributed by atoms with Gasteiger partial charge in [-0.15, -0.1) is 0 Å². The number of benzene rings is 2. The van der Waals surface area contributed by atoms with Gasteiger partial charge in [0.25, 0.3) is 5.91 Å². The number of aryl methyl sites for hydroxylation is 1. The molecule has 150 valence electrons. The topological polar surface area (TPSA) is 45.1 Å². The van der Waals surface area contributed by atoms with Crippen molar-refractivity contribution in [2.24, 2.45) is 4.99 Å². The van der Waals surface area contributed by atoms with Crippen LogP contribution in [0.25, 0.3) is 6.08 Å². The lowest BCUT2D eigenvalue weighted by Crippen LogP contribution is -2.47. The maximum absolute atomic E-state index is 12.4. The van der Waals surface area contributed by atoms with Crippen LogP contribution in [-0.4, -0.2) is 49.3 Å². The van der Waals surface area contributed by atoms with Crippen molar-refractivity contribution >= 4 is 46.2 Å². The van der Waals surface area contributed by atoms with Crippen LogP contribution in [0.4, 0.5) is 5.69 Å². The van der Waals surface area contributed by atoms with Crippen molar-refractivity contribution in [2.45, 2.75) is 6.92 Å². The standard InChI is InChI=1S/C22H22ClN3O2S/c1-15-3-6-17(14-19(15)23)25-9-11-26(12-10-25)22-24-21(27)20(29-22)13-16-4-7-18(28-2)8-5-16/h3-8,13-14H,9-12H2,1-2H3. The Bertz CT molecular complexity index is 980. The number of anilines is 1. The molecule has 29 heavy (non-hydrogen) atoms. The van der Waals surface area contributed by atoms with Crippen molar-refractivity contribution in [1.29, 1.82) is 0 Å². The van der Waals surface area contributed by atoms with Gasteiger partial charge in [0.2, 0.25) is 0 Å². The van der Waals surface area contributed by atoms with E-state index in [9.17, 15) is 4.79 Å². The number of thioether (sulfide) groups is 1. The largest absolute Gasteiger partial charge is 0.497 e. The molecule has 2 aliphatic rings. The zero-order valence-electron chi connectivity index (χ0n) is 16.4. The van der Waals surface area contributed by atoms with Gasteiger partial charge in [-0.1, -0.05) is 29.8 Å². The fourth-order valence-electron chi connectivity index (χ4n) is 3.32. The van der Waals surface area contributed by atoms with E-state index < -0.39 is 0 Å². The number of ether oxygens (including phenoxy) is 1. The number of aliphatic imine (C=N–C) groups is 1. The minimum absolute atomic E-state index is 0.173. The van der Waals surface area contributed by atoms with E-state index in [4.69, 9.17) is 16.3 Å². The molecule has 0 atom stereocenters. The average Bonchev–Trinajstić information content (AvgIpc) is 3.11. The van der Waals surface area contributed by atoms with Crippen molar-refractivity contribution < 1.29 is 9.53 Å². The van der Waals surface area contributed by atoms with E-state index in [1.807, 2.05) is 43.3 Å². The monoisotopic (exact) mass is 427 g/mol. The molecular weight excluding hydrogens is 406 g/mol. The van der Waals surface area contributed by atoms with Gasteiger partial charge in [0.15, 0.2) is 5.17 Å². The van der Waals surface area contributed by atoms with Gasteiger partial charge in [-0.05, 0) is 60.2 Å². The number of amidine groups is 1. The summed E-state index contributed by atoms with van der Waals surface area (Å²) < 4.78 is 5.18. The quantitative estimate of drug-likeness (QED) is 0.677. The van der Waals surface area contributed by atoms with E-state index in [0.29, 0.717) is 4.91 Å². The van der Waals surface area contributed by atoms with Crippen LogP contribution in [0.5, 0.6) is 5.75 Å². The SMILES string of the molecule is COc1ccc(C=C2SC(N3CCN(c4ccc(C)c(Cl)c4)CC3)=NC2=O)cc1. The third-order valence-electron chi connectivity index (χ3n) is 5.09. The van der Waals surface area contributed by atoms with E-state index in [2.05, 4.69) is 26.9 Å². The Balaban J connectivity index is 1.39. The van der Waals surface area contributed by atoms with Gasteiger partial charge in [0.1, 0.15) is 5.75 Å². The molecule has 4 rings (SSSR count). The summed E-state index contributed by atoms with van der Waals surface area (Å²) in [6.45, 7) is 5.38. The summed E-state index contributed by atoms with van der Waals surface area (Å²) in [6, 6.07) is 13.8. The smallest absolute Gasteiger partial charge is 0.286 e. The highest BCUT2D eigenvalue weighted by Gasteiger charge is 2.28. The first kappa shape index (κ1) is 19.9. The number of rotatable bonds is 3. The summed E-state index contributed by atoms with van der Waals surface area (Å²) in [5.41, 5.74) is 3.18. The third kappa shape index (κ3) is 4.43. The minimum atomic E-state index is -0.173. The Morgan fingerprint density at radius 3 is 2.41 bits per heavy atom. The molecule has 5 nitrogen and oxygen atoms in total. The predicted molar refractivity (Wildman–Crippen MR) is 121 cm³/mol. The molecule has 0 aromatic heterocycles. The fraction of sp³-hybridized carbons (Fsp3) is 0.273. The highest BCUT2D eigenvalue weighted by Crippen LogP contribution is 2.31. The van der Waals surface area contributed by atoms with Crippen LogP contribution < -0.4 is 9.64 Å². The summed E-state index contributed by atoms with van der Waals surface area (Å²) in [6.07, 6.45) is 1.88. The normalized spacial score (nSPS) is 18.4. The lowest BCUT2D eigenvalue weighted by Gasteiger charge is -2.36. The van der Waals surface area contributed by atoms with Gasteiger partial charge in [-0.2, -0.15) is 4.99 Å². The zero-order chi connectivity index (χ0) is 20.4. The number of hydrogen-bond donors (Lipinski definition) is 0. The number of carbonyl (C=O) groups excluding carboxylic acids is 1. The van der Waals surface area contributed by atoms with Crippen molar-refractivity contribution in [1.82, 2.24) is 4.90 Å². The van der Waals surface area contributed by atoms with E-state index in [-0.39, 0.29) is 5.91 Å².